The van der Waals surface area contributed by atoms with Crippen LogP contribution < -0.4 is 33.7 Å². The maximum absolute atomic E-state index is 11.7. The monoisotopic (exact) mass is 284 g/mol. The minimum absolute atomic E-state index is 0. The molecule has 0 aromatic heterocycles. The van der Waals surface area contributed by atoms with Crippen molar-refractivity contribution in [2.45, 2.75) is 0 Å². The van der Waals surface area contributed by atoms with Crippen molar-refractivity contribution in [3.63, 3.8) is 0 Å². The van der Waals surface area contributed by atoms with Crippen LogP contribution in [0.4, 0.5) is 0 Å². The van der Waals surface area contributed by atoms with Crippen molar-refractivity contribution < 1.29 is 43.6 Å². The van der Waals surface area contributed by atoms with E-state index in [1.54, 1.807) is 30.3 Å². The van der Waals surface area contributed by atoms with E-state index in [2.05, 4.69) is 0 Å². The molecule has 0 bridgehead atoms. The Hall–Kier alpha value is -1.07. The average Bonchev–Trinajstić information content (AvgIpc) is 2.38. The Kier molecular flexibility index (Phi) is 6.31. The summed E-state index contributed by atoms with van der Waals surface area (Å²) in [6.45, 7) is 0. The molecule has 19 heavy (non-hydrogen) atoms. The van der Waals surface area contributed by atoms with Crippen LogP contribution in [0.15, 0.2) is 66.1 Å². The number of rotatable bonds is 4. The van der Waals surface area contributed by atoms with Gasteiger partial charge in [-0.3, -0.25) is 0 Å². The quantitative estimate of drug-likeness (QED) is 0.594. The Bertz CT molecular complexity index is 628. The molecule has 0 aliphatic rings. The van der Waals surface area contributed by atoms with Crippen molar-refractivity contribution in [3.8, 4) is 5.75 Å². The van der Waals surface area contributed by atoms with Crippen LogP contribution in [0, 0.1) is 0 Å². The predicted octanol–water partition coefficient (Wildman–Crippen LogP) is 0.183. The minimum atomic E-state index is -3.71. The molecule has 0 aliphatic heterocycles. The first kappa shape index (κ1) is 16.0. The van der Waals surface area contributed by atoms with Gasteiger partial charge < -0.3 is 5.61 Å². The topological polar surface area (TPSA) is 43.4 Å². The summed E-state index contributed by atoms with van der Waals surface area (Å²) in [4.78, 5) is 0. The molecule has 2 rings (SSSR count). The van der Waals surface area contributed by atoms with E-state index in [4.69, 9.17) is 4.18 Å². The summed E-state index contributed by atoms with van der Waals surface area (Å²) in [7, 11) is -3.71. The second-order valence-electron chi connectivity index (χ2n) is 3.60. The number of hydrogen-bond donors (Lipinski definition) is 0. The molecule has 2 aromatic carbocycles. The van der Waals surface area contributed by atoms with Crippen LogP contribution in [-0.4, -0.2) is 8.42 Å². The van der Waals surface area contributed by atoms with Gasteiger partial charge in [-0.1, -0.05) is 48.5 Å². The van der Waals surface area contributed by atoms with Gasteiger partial charge in [0.05, 0.1) is 5.41 Å². The summed E-state index contributed by atoms with van der Waals surface area (Å²) in [5.41, 5.74) is 0.803. The normalized spacial score (nSPS) is 10.9. The summed E-state index contributed by atoms with van der Waals surface area (Å²) >= 11 is 0. The van der Waals surface area contributed by atoms with Crippen molar-refractivity contribution in [2.24, 2.45) is 0 Å². The fourth-order valence-corrected chi connectivity index (χ4v) is 2.12. The molecule has 0 atom stereocenters. The molecule has 0 fully saturated rings. The smallest absolute Gasteiger partial charge is 1.00 e. The van der Waals surface area contributed by atoms with Crippen molar-refractivity contribution in [1.29, 1.82) is 0 Å². The van der Waals surface area contributed by atoms with Gasteiger partial charge >= 0.3 is 39.7 Å². The molecule has 0 aliphatic carbocycles. The molecule has 0 radical (unpaired) electrons. The van der Waals surface area contributed by atoms with Gasteiger partial charge in [-0.25, -0.2) is 0 Å². The Morgan fingerprint density at radius 3 is 2.00 bits per heavy atom. The summed E-state index contributed by atoms with van der Waals surface area (Å²) in [6.07, 6.45) is 1.50. The summed E-state index contributed by atoms with van der Waals surface area (Å²) in [5, 5.41) is 1.05. The molecule has 5 heteroatoms. The fourth-order valence-electron chi connectivity index (χ4n) is 1.36. The molecular weight excluding hydrogens is 271 g/mol. The zero-order valence-electron chi connectivity index (χ0n) is 11.6. The van der Waals surface area contributed by atoms with E-state index in [0.717, 1.165) is 11.0 Å². The van der Waals surface area contributed by atoms with Gasteiger partial charge in [-0.05, 0) is 23.8 Å². The van der Waals surface area contributed by atoms with Crippen molar-refractivity contribution in [1.82, 2.24) is 0 Å². The molecule has 0 heterocycles. The van der Waals surface area contributed by atoms with Crippen LogP contribution in [0.2, 0.25) is 0 Å². The van der Waals surface area contributed by atoms with Crippen LogP contribution in [0.1, 0.15) is 6.99 Å². The third-order valence-corrected chi connectivity index (χ3v) is 3.08. The second-order valence-corrected chi connectivity index (χ2v) is 5.03. The predicted molar refractivity (Wildman–Crippen MR) is 72.6 cm³/mol. The van der Waals surface area contributed by atoms with Gasteiger partial charge in [0.1, 0.15) is 5.75 Å². The van der Waals surface area contributed by atoms with E-state index < -0.39 is 10.1 Å². The molecule has 2 aromatic rings. The standard InChI is InChI=1S/C14H12O3S.Na.H/c15-18(16,17-14-9-5-2-6-10-14)12-11-13-7-3-1-4-8-13;;/h1-12H;;/q;+1;-1/b12-11+;;. The largest absolute Gasteiger partial charge is 1.00 e. The second kappa shape index (κ2) is 7.50. The molecule has 0 saturated carbocycles. The molecule has 0 spiro atoms. The first-order valence-electron chi connectivity index (χ1n) is 5.38. The maximum Gasteiger partial charge on any atom is 1.00 e. The number of para-hydroxylation sites is 1. The molecule has 0 N–H and O–H groups in total. The minimum Gasteiger partial charge on any atom is -1.00 e. The van der Waals surface area contributed by atoms with Crippen LogP contribution in [0.5, 0.6) is 5.75 Å². The molecule has 0 saturated heterocycles. The van der Waals surface area contributed by atoms with Crippen LogP contribution in [-0.2, 0) is 10.1 Å². The maximum atomic E-state index is 11.7. The SMILES string of the molecule is O=S(=O)(/C=C/c1ccccc1)Oc1ccccc1.[H-].[Na+]. The van der Waals surface area contributed by atoms with Gasteiger partial charge in [-0.2, -0.15) is 8.42 Å². The molecule has 3 nitrogen and oxygen atoms in total. The van der Waals surface area contributed by atoms with Gasteiger partial charge in [0.25, 0.3) is 0 Å². The first-order valence-corrected chi connectivity index (χ1v) is 6.85. The first-order chi connectivity index (χ1) is 8.66. The Balaban J connectivity index is 0.00000180. The number of benzene rings is 2. The molecular formula is C14H13NaO3S. The third-order valence-electron chi connectivity index (χ3n) is 2.18. The van der Waals surface area contributed by atoms with Gasteiger partial charge in [-0.15, -0.1) is 0 Å². The van der Waals surface area contributed by atoms with Gasteiger partial charge in [0, 0.05) is 0 Å². The Morgan fingerprint density at radius 1 is 0.895 bits per heavy atom. The molecule has 0 amide bonds. The summed E-state index contributed by atoms with van der Waals surface area (Å²) < 4.78 is 28.2. The van der Waals surface area contributed by atoms with Gasteiger partial charge in [0.15, 0.2) is 0 Å². The van der Waals surface area contributed by atoms with E-state index in [9.17, 15) is 8.42 Å². The van der Waals surface area contributed by atoms with Crippen molar-refractivity contribution in [3.05, 3.63) is 71.6 Å². The molecule has 94 valence electrons. The Morgan fingerprint density at radius 2 is 1.42 bits per heavy atom. The van der Waals surface area contributed by atoms with E-state index in [-0.39, 0.29) is 31.0 Å². The van der Waals surface area contributed by atoms with E-state index >= 15 is 0 Å². The summed E-state index contributed by atoms with van der Waals surface area (Å²) in [6, 6.07) is 17.6. The van der Waals surface area contributed by atoms with Crippen LogP contribution >= 0.6 is 0 Å². The van der Waals surface area contributed by atoms with Crippen molar-refractivity contribution in [2.75, 3.05) is 0 Å². The third kappa shape index (κ3) is 5.61. The Labute approximate surface area is 136 Å². The van der Waals surface area contributed by atoms with Crippen LogP contribution in [0.3, 0.4) is 0 Å². The zero-order valence-corrected chi connectivity index (χ0v) is 13.4. The zero-order chi connectivity index (χ0) is 12.8. The van der Waals surface area contributed by atoms with E-state index in [1.807, 2.05) is 30.3 Å². The average molecular weight is 284 g/mol. The van der Waals surface area contributed by atoms with Gasteiger partial charge in [0.2, 0.25) is 0 Å². The number of hydrogen-bond acceptors (Lipinski definition) is 3. The fraction of sp³-hybridized carbons (Fsp3) is 0. The molecule has 0 unspecified atom stereocenters. The van der Waals surface area contributed by atoms with E-state index in [0.29, 0.717) is 5.75 Å². The van der Waals surface area contributed by atoms with Crippen molar-refractivity contribution >= 4 is 16.2 Å². The summed E-state index contributed by atoms with van der Waals surface area (Å²) in [5.74, 6) is 0.301. The van der Waals surface area contributed by atoms with E-state index in [1.165, 1.54) is 6.08 Å². The van der Waals surface area contributed by atoms with Crippen LogP contribution in [0.25, 0.3) is 6.08 Å².